The van der Waals surface area contributed by atoms with Gasteiger partial charge in [0.15, 0.2) is 0 Å². The van der Waals surface area contributed by atoms with Crippen molar-refractivity contribution in [3.05, 3.63) is 119 Å². The van der Waals surface area contributed by atoms with E-state index in [9.17, 15) is 0 Å². The van der Waals surface area contributed by atoms with Crippen molar-refractivity contribution in [2.75, 3.05) is 0 Å². The second-order valence-electron chi connectivity index (χ2n) is 17.5. The molecule has 0 spiro atoms. The van der Waals surface area contributed by atoms with Crippen LogP contribution in [0.5, 0.6) is 11.5 Å². The lowest BCUT2D eigenvalue weighted by Gasteiger charge is -2.30. The summed E-state index contributed by atoms with van der Waals surface area (Å²) in [5.74, 6) is 4.71. The number of para-hydroxylation sites is 1. The maximum absolute atomic E-state index is 6.89. The van der Waals surface area contributed by atoms with Crippen molar-refractivity contribution in [3.8, 4) is 23.0 Å². The van der Waals surface area contributed by atoms with Gasteiger partial charge in [-0.2, -0.15) is 5.10 Å². The largest absolute Gasteiger partial charge is 0.457 e. The quantitative estimate of drug-likeness (QED) is 0.133. The van der Waals surface area contributed by atoms with Gasteiger partial charge in [-0.25, -0.2) is 9.67 Å². The van der Waals surface area contributed by atoms with Gasteiger partial charge in [0.2, 0.25) is 0 Å². The third kappa shape index (κ3) is 7.45. The maximum atomic E-state index is 6.89. The van der Waals surface area contributed by atoms with E-state index in [0.717, 1.165) is 59.0 Å². The Bertz CT molecular complexity index is 2290. The van der Waals surface area contributed by atoms with Gasteiger partial charge < -0.3 is 4.74 Å². The molecule has 0 fully saturated rings. The number of aryl methyl sites for hydroxylation is 1. The van der Waals surface area contributed by atoms with Crippen LogP contribution in [0.25, 0.3) is 33.3 Å². The highest BCUT2D eigenvalue weighted by Gasteiger charge is 2.31. The SMILES string of the molecule is CC1=CCC[C@H](C)[C@H]1c1c(C)nn(-c2cc(Oc3ccc4c5ccccc5n(-c5cc(CC(C)C)ccn5)c4c3)cc(C(C)(C)C)c2)c1CCC(C)C. The lowest BCUT2D eigenvalue weighted by molar-refractivity contribution is 0.445. The second kappa shape index (κ2) is 14.6. The molecular formula is C48H58N4O. The topological polar surface area (TPSA) is 44.9 Å². The number of ether oxygens (including phenoxy) is 1. The summed E-state index contributed by atoms with van der Waals surface area (Å²) < 4.78 is 11.4. The first-order valence-corrected chi connectivity index (χ1v) is 19.9. The average molecular weight is 707 g/mol. The van der Waals surface area contributed by atoms with Crippen molar-refractivity contribution in [2.24, 2.45) is 17.8 Å². The highest BCUT2D eigenvalue weighted by atomic mass is 16.5. The lowest BCUT2D eigenvalue weighted by atomic mass is 9.75. The molecule has 1 aliphatic carbocycles. The molecule has 2 atom stereocenters. The summed E-state index contributed by atoms with van der Waals surface area (Å²) in [5, 5.41) is 7.72. The summed E-state index contributed by atoms with van der Waals surface area (Å²) >= 11 is 0. The molecule has 6 aromatic rings. The number of nitrogens with zero attached hydrogens (tertiary/aromatic N) is 4. The summed E-state index contributed by atoms with van der Waals surface area (Å²) in [5.41, 5.74) is 11.1. The Morgan fingerprint density at radius 1 is 0.849 bits per heavy atom. The third-order valence-corrected chi connectivity index (χ3v) is 11.2. The van der Waals surface area contributed by atoms with E-state index in [1.807, 2.05) is 6.20 Å². The van der Waals surface area contributed by atoms with Crippen LogP contribution in [-0.2, 0) is 18.3 Å². The van der Waals surface area contributed by atoms with E-state index in [0.29, 0.717) is 23.7 Å². The molecule has 0 unspecified atom stereocenters. The van der Waals surface area contributed by atoms with Crippen LogP contribution >= 0.6 is 0 Å². The van der Waals surface area contributed by atoms with Gasteiger partial charge in [0.1, 0.15) is 17.3 Å². The predicted molar refractivity (Wildman–Crippen MR) is 222 cm³/mol. The van der Waals surface area contributed by atoms with Crippen LogP contribution in [0.15, 0.2) is 90.6 Å². The summed E-state index contributed by atoms with van der Waals surface area (Å²) in [7, 11) is 0. The molecule has 53 heavy (non-hydrogen) atoms. The van der Waals surface area contributed by atoms with Crippen molar-refractivity contribution in [1.29, 1.82) is 0 Å². The highest BCUT2D eigenvalue weighted by Crippen LogP contribution is 2.43. The zero-order valence-corrected chi connectivity index (χ0v) is 33.6. The molecule has 3 aromatic heterocycles. The smallest absolute Gasteiger partial charge is 0.137 e. The number of fused-ring (bicyclic) bond motifs is 3. The Balaban J connectivity index is 1.35. The van der Waals surface area contributed by atoms with E-state index in [2.05, 4.69) is 157 Å². The molecule has 0 bridgehead atoms. The molecule has 0 amide bonds. The van der Waals surface area contributed by atoms with Gasteiger partial charge in [0.25, 0.3) is 0 Å². The standard InChI is InChI=1S/C48H58N4O/c1-30(2)18-21-43-47(46-32(5)14-13-15-33(46)6)34(7)50-52(43)37-26-36(48(8,9)10)27-39(28-37)53-38-19-20-41-40-16-11-12-17-42(40)51(44(41)29-38)45-25-35(22-23-49-45)24-31(3)4/h11-12,14,16-17,19-20,22-23,25-31,33,46H,13,15,18,21,24H2,1-10H3/t33-,46-/m0/s1. The fourth-order valence-corrected chi connectivity index (χ4v) is 8.48. The first kappa shape index (κ1) is 36.7. The molecule has 0 radical (unpaired) electrons. The zero-order valence-electron chi connectivity index (χ0n) is 33.6. The highest BCUT2D eigenvalue weighted by molar-refractivity contribution is 6.09. The van der Waals surface area contributed by atoms with Gasteiger partial charge in [-0.05, 0) is 123 Å². The fourth-order valence-electron chi connectivity index (χ4n) is 8.48. The molecule has 0 aliphatic heterocycles. The average Bonchev–Trinajstić information content (AvgIpc) is 3.60. The number of aromatic nitrogens is 4. The minimum absolute atomic E-state index is 0.0858. The summed E-state index contributed by atoms with van der Waals surface area (Å²) in [6.45, 7) is 23.0. The molecule has 3 heterocycles. The van der Waals surface area contributed by atoms with E-state index >= 15 is 0 Å². The number of pyridine rings is 1. The van der Waals surface area contributed by atoms with Gasteiger partial charge in [0.05, 0.1) is 22.4 Å². The molecule has 0 saturated carbocycles. The third-order valence-electron chi connectivity index (χ3n) is 11.2. The maximum Gasteiger partial charge on any atom is 0.137 e. The monoisotopic (exact) mass is 706 g/mol. The van der Waals surface area contributed by atoms with Gasteiger partial charge in [0, 0.05) is 46.3 Å². The number of hydrogen-bond acceptors (Lipinski definition) is 3. The van der Waals surface area contributed by atoms with E-state index in [4.69, 9.17) is 14.8 Å². The van der Waals surface area contributed by atoms with Crippen LogP contribution < -0.4 is 4.74 Å². The Hall–Kier alpha value is -4.64. The van der Waals surface area contributed by atoms with E-state index < -0.39 is 0 Å². The van der Waals surface area contributed by atoms with Crippen molar-refractivity contribution in [3.63, 3.8) is 0 Å². The Labute approximate surface area is 317 Å². The van der Waals surface area contributed by atoms with Crippen molar-refractivity contribution < 1.29 is 4.74 Å². The first-order chi connectivity index (χ1) is 25.3. The zero-order chi connectivity index (χ0) is 37.6. The summed E-state index contributed by atoms with van der Waals surface area (Å²) in [4.78, 5) is 4.88. The van der Waals surface area contributed by atoms with E-state index in [-0.39, 0.29) is 5.41 Å². The van der Waals surface area contributed by atoms with Crippen LogP contribution in [0, 0.1) is 24.7 Å². The first-order valence-electron chi connectivity index (χ1n) is 19.9. The summed E-state index contributed by atoms with van der Waals surface area (Å²) in [6, 6.07) is 26.2. The molecule has 276 valence electrons. The van der Waals surface area contributed by atoms with Crippen LogP contribution in [0.2, 0.25) is 0 Å². The second-order valence-corrected chi connectivity index (χ2v) is 17.5. The Kier molecular flexibility index (Phi) is 10.1. The molecule has 0 saturated heterocycles. The molecule has 0 N–H and O–H groups in total. The number of rotatable bonds is 10. The minimum Gasteiger partial charge on any atom is -0.457 e. The molecule has 1 aliphatic rings. The number of benzene rings is 3. The molecule has 7 rings (SSSR count). The normalized spacial score (nSPS) is 16.6. The lowest BCUT2D eigenvalue weighted by Crippen LogP contribution is -2.18. The Morgan fingerprint density at radius 2 is 1.62 bits per heavy atom. The minimum atomic E-state index is -0.0858. The van der Waals surface area contributed by atoms with Gasteiger partial charge in [-0.1, -0.05) is 85.2 Å². The summed E-state index contributed by atoms with van der Waals surface area (Å²) in [6.07, 6.45) is 9.91. The molecule has 5 heteroatoms. The van der Waals surface area contributed by atoms with Crippen LogP contribution in [0.1, 0.15) is 116 Å². The molecule has 3 aromatic carbocycles. The van der Waals surface area contributed by atoms with Gasteiger partial charge >= 0.3 is 0 Å². The number of hydrogen-bond donors (Lipinski definition) is 0. The Morgan fingerprint density at radius 3 is 2.36 bits per heavy atom. The predicted octanol–water partition coefficient (Wildman–Crippen LogP) is 13.0. The molecular weight excluding hydrogens is 649 g/mol. The van der Waals surface area contributed by atoms with Crippen molar-refractivity contribution in [1.82, 2.24) is 19.3 Å². The van der Waals surface area contributed by atoms with E-state index in [1.54, 1.807) is 0 Å². The van der Waals surface area contributed by atoms with Crippen molar-refractivity contribution in [2.45, 2.75) is 113 Å². The van der Waals surface area contributed by atoms with Crippen LogP contribution in [0.3, 0.4) is 0 Å². The van der Waals surface area contributed by atoms with Gasteiger partial charge in [-0.3, -0.25) is 4.57 Å². The molecule has 5 nitrogen and oxygen atoms in total. The van der Waals surface area contributed by atoms with Gasteiger partial charge in [-0.15, -0.1) is 0 Å². The van der Waals surface area contributed by atoms with Crippen LogP contribution in [-0.4, -0.2) is 19.3 Å². The van der Waals surface area contributed by atoms with E-state index in [1.165, 1.54) is 51.6 Å². The van der Waals surface area contributed by atoms with Crippen molar-refractivity contribution >= 4 is 21.8 Å². The van der Waals surface area contributed by atoms with Crippen LogP contribution in [0.4, 0.5) is 0 Å². The number of allylic oxidation sites excluding steroid dienone is 2. The fraction of sp³-hybridized carbons (Fsp3) is 0.417.